The summed E-state index contributed by atoms with van der Waals surface area (Å²) in [6.45, 7) is 1.80. The fourth-order valence-corrected chi connectivity index (χ4v) is 1.16. The number of amides is 1. The van der Waals surface area contributed by atoms with Gasteiger partial charge in [-0.25, -0.2) is 5.43 Å². The van der Waals surface area contributed by atoms with Gasteiger partial charge in [0, 0.05) is 5.56 Å². The van der Waals surface area contributed by atoms with Crippen LogP contribution in [-0.2, 0) is 0 Å². The minimum atomic E-state index is -0.208. The molecule has 0 aliphatic rings. The summed E-state index contributed by atoms with van der Waals surface area (Å²) in [5.74, 6) is -0.208. The van der Waals surface area contributed by atoms with Gasteiger partial charge >= 0.3 is 0 Å². The van der Waals surface area contributed by atoms with E-state index in [9.17, 15) is 4.79 Å². The van der Waals surface area contributed by atoms with Gasteiger partial charge in [-0.15, -0.1) is 5.10 Å². The number of aromatic nitrogens is 3. The van der Waals surface area contributed by atoms with Gasteiger partial charge in [-0.3, -0.25) is 4.79 Å². The topological polar surface area (TPSA) is 59.8 Å². The molecule has 0 saturated carbocycles. The molecule has 1 aromatic carbocycles. The average Bonchev–Trinajstić information content (AvgIpc) is 2.65. The molecule has 0 atom stereocenters. The van der Waals surface area contributed by atoms with Gasteiger partial charge in [0.05, 0.1) is 11.9 Å². The molecule has 0 saturated heterocycles. The van der Waals surface area contributed by atoms with Crippen LogP contribution < -0.4 is 5.43 Å². The third-order valence-electron chi connectivity index (χ3n) is 1.86. The average molecular weight is 202 g/mol. The molecular formula is C10H10N4O. The Labute approximate surface area is 86.7 Å². The van der Waals surface area contributed by atoms with Crippen molar-refractivity contribution in [2.75, 3.05) is 5.43 Å². The molecule has 76 valence electrons. The van der Waals surface area contributed by atoms with Crippen molar-refractivity contribution < 1.29 is 4.79 Å². The van der Waals surface area contributed by atoms with Crippen molar-refractivity contribution in [2.45, 2.75) is 6.92 Å². The van der Waals surface area contributed by atoms with E-state index < -0.39 is 0 Å². The van der Waals surface area contributed by atoms with Crippen LogP contribution in [0.15, 0.2) is 36.5 Å². The highest BCUT2D eigenvalue weighted by molar-refractivity contribution is 5.99. The van der Waals surface area contributed by atoms with E-state index in [0.717, 1.165) is 5.69 Å². The van der Waals surface area contributed by atoms with Crippen LogP contribution >= 0.6 is 0 Å². The second kappa shape index (κ2) is 3.91. The molecule has 0 spiro atoms. The molecule has 2 rings (SSSR count). The summed E-state index contributed by atoms with van der Waals surface area (Å²) in [5.41, 5.74) is 3.92. The highest BCUT2D eigenvalue weighted by Crippen LogP contribution is 1.98. The minimum Gasteiger partial charge on any atom is -0.267 e. The lowest BCUT2D eigenvalue weighted by Gasteiger charge is -2.02. The lowest BCUT2D eigenvalue weighted by atomic mass is 10.2. The van der Waals surface area contributed by atoms with Gasteiger partial charge in [0.2, 0.25) is 0 Å². The molecule has 5 heteroatoms. The zero-order chi connectivity index (χ0) is 10.7. The zero-order valence-electron chi connectivity index (χ0n) is 8.21. The van der Waals surface area contributed by atoms with Gasteiger partial charge < -0.3 is 0 Å². The summed E-state index contributed by atoms with van der Waals surface area (Å²) in [6.07, 6.45) is 1.64. The number of carbonyl (C=O) groups is 1. The van der Waals surface area contributed by atoms with E-state index in [-0.39, 0.29) is 5.91 Å². The predicted octanol–water partition coefficient (Wildman–Crippen LogP) is 0.970. The molecular weight excluding hydrogens is 192 g/mol. The molecule has 0 radical (unpaired) electrons. The summed E-state index contributed by atoms with van der Waals surface area (Å²) in [4.78, 5) is 12.9. The van der Waals surface area contributed by atoms with Crippen molar-refractivity contribution in [1.82, 2.24) is 15.1 Å². The smallest absolute Gasteiger partial charge is 0.267 e. The number of carbonyl (C=O) groups excluding carboxylic acids is 1. The van der Waals surface area contributed by atoms with E-state index in [1.807, 2.05) is 18.2 Å². The van der Waals surface area contributed by atoms with Gasteiger partial charge in [-0.1, -0.05) is 18.2 Å². The number of hydrogen-bond donors (Lipinski definition) is 1. The SMILES string of the molecule is Cc1cn(NC(=O)c2ccccc2)nn1. The lowest BCUT2D eigenvalue weighted by Crippen LogP contribution is -2.23. The van der Waals surface area contributed by atoms with Crippen LogP contribution in [0.5, 0.6) is 0 Å². The molecule has 0 unspecified atom stereocenters. The summed E-state index contributed by atoms with van der Waals surface area (Å²) < 4.78 is 0. The van der Waals surface area contributed by atoms with Crippen molar-refractivity contribution >= 4 is 5.91 Å². The zero-order valence-corrected chi connectivity index (χ0v) is 8.21. The van der Waals surface area contributed by atoms with Gasteiger partial charge in [-0.05, 0) is 24.3 Å². The van der Waals surface area contributed by atoms with E-state index >= 15 is 0 Å². The number of nitrogens with one attached hydrogen (secondary N) is 1. The Kier molecular flexibility index (Phi) is 2.45. The molecule has 0 bridgehead atoms. The third-order valence-corrected chi connectivity index (χ3v) is 1.86. The first kappa shape index (κ1) is 9.39. The second-order valence-electron chi connectivity index (χ2n) is 3.11. The molecule has 1 N–H and O–H groups in total. The van der Waals surface area contributed by atoms with Gasteiger partial charge in [0.15, 0.2) is 0 Å². The standard InChI is InChI=1S/C10H10N4O/c1-8-7-14(13-11-8)12-10(15)9-5-3-2-4-6-9/h2-7H,1H3,(H,12,15). The largest absolute Gasteiger partial charge is 0.271 e. The van der Waals surface area contributed by atoms with E-state index in [1.54, 1.807) is 25.3 Å². The Morgan fingerprint density at radius 2 is 2.07 bits per heavy atom. The molecule has 2 aromatic rings. The summed E-state index contributed by atoms with van der Waals surface area (Å²) in [5, 5.41) is 7.48. The highest BCUT2D eigenvalue weighted by atomic mass is 16.2. The Morgan fingerprint density at radius 3 is 2.67 bits per heavy atom. The van der Waals surface area contributed by atoms with Crippen LogP contribution in [0.1, 0.15) is 16.1 Å². The van der Waals surface area contributed by atoms with Crippen LogP contribution in [0.2, 0.25) is 0 Å². The maximum Gasteiger partial charge on any atom is 0.271 e. The molecule has 15 heavy (non-hydrogen) atoms. The van der Waals surface area contributed by atoms with E-state index in [2.05, 4.69) is 15.7 Å². The summed E-state index contributed by atoms with van der Waals surface area (Å²) in [7, 11) is 0. The first-order valence-corrected chi connectivity index (χ1v) is 4.51. The van der Waals surface area contributed by atoms with Crippen LogP contribution in [0.25, 0.3) is 0 Å². The van der Waals surface area contributed by atoms with Crippen LogP contribution in [-0.4, -0.2) is 21.0 Å². The molecule has 0 aliphatic heterocycles. The van der Waals surface area contributed by atoms with Crippen molar-refractivity contribution in [3.8, 4) is 0 Å². The van der Waals surface area contributed by atoms with Gasteiger partial charge in [0.1, 0.15) is 0 Å². The first-order chi connectivity index (χ1) is 7.25. The molecule has 1 amide bonds. The van der Waals surface area contributed by atoms with Crippen LogP contribution in [0, 0.1) is 6.92 Å². The number of hydrogen-bond acceptors (Lipinski definition) is 3. The van der Waals surface area contributed by atoms with E-state index in [1.165, 1.54) is 4.79 Å². The van der Waals surface area contributed by atoms with E-state index in [4.69, 9.17) is 0 Å². The third kappa shape index (κ3) is 2.19. The maximum atomic E-state index is 11.6. The fraction of sp³-hybridized carbons (Fsp3) is 0.100. The molecule has 1 aromatic heterocycles. The van der Waals surface area contributed by atoms with Crippen molar-refractivity contribution in [3.63, 3.8) is 0 Å². The molecule has 0 fully saturated rings. The number of nitrogens with zero attached hydrogens (tertiary/aromatic N) is 3. The van der Waals surface area contributed by atoms with Crippen LogP contribution in [0.4, 0.5) is 0 Å². The quantitative estimate of drug-likeness (QED) is 0.789. The van der Waals surface area contributed by atoms with Crippen molar-refractivity contribution in [2.24, 2.45) is 0 Å². The lowest BCUT2D eigenvalue weighted by molar-refractivity contribution is 0.100. The monoisotopic (exact) mass is 202 g/mol. The molecule has 1 heterocycles. The first-order valence-electron chi connectivity index (χ1n) is 4.51. The Bertz CT molecular complexity index is 463. The van der Waals surface area contributed by atoms with Gasteiger partial charge in [-0.2, -0.15) is 4.79 Å². The number of benzene rings is 1. The summed E-state index contributed by atoms with van der Waals surface area (Å²) >= 11 is 0. The van der Waals surface area contributed by atoms with Crippen molar-refractivity contribution in [1.29, 1.82) is 0 Å². The fourth-order valence-electron chi connectivity index (χ4n) is 1.16. The second-order valence-corrected chi connectivity index (χ2v) is 3.11. The highest BCUT2D eigenvalue weighted by Gasteiger charge is 2.04. The molecule has 5 nitrogen and oxygen atoms in total. The minimum absolute atomic E-state index is 0.208. The van der Waals surface area contributed by atoms with E-state index in [0.29, 0.717) is 5.56 Å². The van der Waals surface area contributed by atoms with Crippen LogP contribution in [0.3, 0.4) is 0 Å². The molecule has 0 aliphatic carbocycles. The predicted molar refractivity (Wildman–Crippen MR) is 54.9 cm³/mol. The number of rotatable bonds is 2. The summed E-state index contributed by atoms with van der Waals surface area (Å²) in [6, 6.07) is 8.94. The normalized spacial score (nSPS) is 9.93. The van der Waals surface area contributed by atoms with Gasteiger partial charge in [0.25, 0.3) is 5.91 Å². The van der Waals surface area contributed by atoms with Crippen molar-refractivity contribution in [3.05, 3.63) is 47.8 Å². The number of aryl methyl sites for hydroxylation is 1. The Morgan fingerprint density at radius 1 is 1.33 bits per heavy atom. The Balaban J connectivity index is 2.11. The maximum absolute atomic E-state index is 11.6. The Hall–Kier alpha value is -2.17.